The molecule has 0 saturated heterocycles. The highest BCUT2D eigenvalue weighted by Crippen LogP contribution is 2.14. The summed E-state index contributed by atoms with van der Waals surface area (Å²) in [4.78, 5) is 2.38. The maximum absolute atomic E-state index is 4.39. The van der Waals surface area contributed by atoms with Crippen molar-refractivity contribution >= 4 is 0 Å². The largest absolute Gasteiger partial charge is 0.293 e. The molecule has 4 nitrogen and oxygen atoms in total. The van der Waals surface area contributed by atoms with E-state index in [0.717, 1.165) is 36.7 Å². The molecule has 4 heteroatoms. The lowest BCUT2D eigenvalue weighted by Gasteiger charge is -2.19. The van der Waals surface area contributed by atoms with Crippen LogP contribution in [0.5, 0.6) is 0 Å². The zero-order valence-corrected chi connectivity index (χ0v) is 13.7. The molecule has 3 rings (SSSR count). The van der Waals surface area contributed by atoms with Crippen LogP contribution < -0.4 is 0 Å². The molecule has 0 bridgehead atoms. The van der Waals surface area contributed by atoms with E-state index in [4.69, 9.17) is 0 Å². The highest BCUT2D eigenvalue weighted by atomic mass is 15.4. The highest BCUT2D eigenvalue weighted by Gasteiger charge is 2.13. The Morgan fingerprint density at radius 3 is 2.22 bits per heavy atom. The Bertz CT molecular complexity index is 735. The third-order valence-corrected chi connectivity index (χ3v) is 4.06. The Morgan fingerprint density at radius 2 is 1.57 bits per heavy atom. The van der Waals surface area contributed by atoms with Gasteiger partial charge in [-0.15, -0.1) is 5.10 Å². The monoisotopic (exact) mass is 306 g/mol. The molecule has 1 aromatic heterocycles. The van der Waals surface area contributed by atoms with Gasteiger partial charge in [-0.25, -0.2) is 4.68 Å². The molecule has 0 fully saturated rings. The van der Waals surface area contributed by atoms with Gasteiger partial charge in [0.05, 0.1) is 11.4 Å². The van der Waals surface area contributed by atoms with Gasteiger partial charge < -0.3 is 0 Å². The van der Waals surface area contributed by atoms with Crippen LogP contribution in [0.3, 0.4) is 0 Å². The smallest absolute Gasteiger partial charge is 0.100 e. The topological polar surface area (TPSA) is 34.0 Å². The quantitative estimate of drug-likeness (QED) is 0.698. The van der Waals surface area contributed by atoms with Gasteiger partial charge in [-0.1, -0.05) is 60.7 Å². The molecule has 0 unspecified atom stereocenters. The molecule has 0 amide bonds. The highest BCUT2D eigenvalue weighted by molar-refractivity contribution is 5.32. The first-order valence-electron chi connectivity index (χ1n) is 8.01. The maximum Gasteiger partial charge on any atom is 0.100 e. The van der Waals surface area contributed by atoms with Gasteiger partial charge in [-0.2, -0.15) is 0 Å². The molecule has 0 atom stereocenters. The van der Waals surface area contributed by atoms with Crippen molar-refractivity contribution in [2.45, 2.75) is 26.9 Å². The second-order valence-corrected chi connectivity index (χ2v) is 5.66. The molecule has 23 heavy (non-hydrogen) atoms. The number of aromatic nitrogens is 3. The fourth-order valence-corrected chi connectivity index (χ4v) is 2.65. The molecular weight excluding hydrogens is 284 g/mol. The van der Waals surface area contributed by atoms with Gasteiger partial charge in [0.1, 0.15) is 5.69 Å². The lowest BCUT2D eigenvalue weighted by molar-refractivity contribution is 0.267. The first-order chi connectivity index (χ1) is 11.3. The van der Waals surface area contributed by atoms with Crippen molar-refractivity contribution < 1.29 is 0 Å². The fourth-order valence-electron chi connectivity index (χ4n) is 2.65. The van der Waals surface area contributed by atoms with Gasteiger partial charge in [0.2, 0.25) is 0 Å². The summed E-state index contributed by atoms with van der Waals surface area (Å²) in [7, 11) is 0. The molecule has 0 aliphatic carbocycles. The molecular formula is C19H22N4. The fraction of sp³-hybridized carbons (Fsp3) is 0.263. The third kappa shape index (κ3) is 3.66. The predicted molar refractivity (Wildman–Crippen MR) is 92.3 cm³/mol. The molecule has 0 aliphatic heterocycles. The van der Waals surface area contributed by atoms with Crippen LogP contribution in [-0.2, 0) is 13.1 Å². The van der Waals surface area contributed by atoms with Crippen LogP contribution in [0, 0.1) is 6.92 Å². The number of hydrogen-bond donors (Lipinski definition) is 0. The van der Waals surface area contributed by atoms with Crippen molar-refractivity contribution in [2.75, 3.05) is 6.54 Å². The summed E-state index contributed by atoms with van der Waals surface area (Å²) in [6.07, 6.45) is 0. The number of benzene rings is 2. The molecule has 0 saturated carbocycles. The van der Waals surface area contributed by atoms with E-state index in [-0.39, 0.29) is 0 Å². The number of rotatable bonds is 6. The van der Waals surface area contributed by atoms with Crippen molar-refractivity contribution in [3.05, 3.63) is 77.6 Å². The van der Waals surface area contributed by atoms with Crippen molar-refractivity contribution in [1.82, 2.24) is 19.9 Å². The van der Waals surface area contributed by atoms with E-state index >= 15 is 0 Å². The molecule has 3 aromatic rings. The molecule has 0 spiro atoms. The van der Waals surface area contributed by atoms with E-state index in [1.54, 1.807) is 0 Å². The van der Waals surface area contributed by atoms with Crippen molar-refractivity contribution in [3.8, 4) is 5.69 Å². The van der Waals surface area contributed by atoms with Crippen LogP contribution in [0.1, 0.15) is 23.9 Å². The minimum atomic E-state index is 0.810. The Labute approximate surface area is 137 Å². The normalized spacial score (nSPS) is 11.1. The summed E-state index contributed by atoms with van der Waals surface area (Å²) in [5, 5.41) is 8.71. The van der Waals surface area contributed by atoms with E-state index in [1.165, 1.54) is 5.56 Å². The van der Waals surface area contributed by atoms with Crippen LogP contribution in [-0.4, -0.2) is 26.4 Å². The Kier molecular flexibility index (Phi) is 4.83. The predicted octanol–water partition coefficient (Wildman–Crippen LogP) is 3.60. The Morgan fingerprint density at radius 1 is 0.913 bits per heavy atom. The zero-order chi connectivity index (χ0) is 16.1. The second kappa shape index (κ2) is 7.20. The van der Waals surface area contributed by atoms with Gasteiger partial charge >= 0.3 is 0 Å². The van der Waals surface area contributed by atoms with Crippen LogP contribution in [0.2, 0.25) is 0 Å². The lowest BCUT2D eigenvalue weighted by atomic mass is 10.2. The molecule has 0 N–H and O–H groups in total. The van der Waals surface area contributed by atoms with Gasteiger partial charge in [0, 0.05) is 13.1 Å². The molecule has 118 valence electrons. The minimum Gasteiger partial charge on any atom is -0.293 e. The Balaban J connectivity index is 1.76. The average Bonchev–Trinajstić information content (AvgIpc) is 2.96. The average molecular weight is 306 g/mol. The summed E-state index contributed by atoms with van der Waals surface area (Å²) in [5.41, 5.74) is 4.51. The van der Waals surface area contributed by atoms with E-state index in [2.05, 4.69) is 59.4 Å². The van der Waals surface area contributed by atoms with E-state index in [9.17, 15) is 0 Å². The minimum absolute atomic E-state index is 0.810. The van der Waals surface area contributed by atoms with Crippen molar-refractivity contribution in [2.24, 2.45) is 0 Å². The first kappa shape index (κ1) is 15.4. The van der Waals surface area contributed by atoms with Gasteiger partial charge in [0.15, 0.2) is 0 Å². The second-order valence-electron chi connectivity index (χ2n) is 5.66. The van der Waals surface area contributed by atoms with E-state index < -0.39 is 0 Å². The van der Waals surface area contributed by atoms with Crippen LogP contribution in [0.4, 0.5) is 0 Å². The van der Waals surface area contributed by atoms with Crippen LogP contribution >= 0.6 is 0 Å². The SMILES string of the molecule is CCN(Cc1ccccc1)Cc1nnn(-c2ccccc2)c1C. The molecule has 0 aliphatic rings. The summed E-state index contributed by atoms with van der Waals surface area (Å²) in [6.45, 7) is 6.98. The Hall–Kier alpha value is -2.46. The number of hydrogen-bond acceptors (Lipinski definition) is 3. The maximum atomic E-state index is 4.39. The van der Waals surface area contributed by atoms with Crippen LogP contribution in [0.25, 0.3) is 5.69 Å². The standard InChI is InChI=1S/C19H22N4/c1-3-22(14-17-10-6-4-7-11-17)15-19-16(2)23(21-20-19)18-12-8-5-9-13-18/h4-13H,3,14-15H2,1-2H3. The molecule has 0 radical (unpaired) electrons. The molecule has 2 aromatic carbocycles. The summed E-state index contributed by atoms with van der Waals surface area (Å²) >= 11 is 0. The number of nitrogens with zero attached hydrogens (tertiary/aromatic N) is 4. The number of para-hydroxylation sites is 1. The summed E-state index contributed by atoms with van der Waals surface area (Å²) in [6, 6.07) is 20.7. The van der Waals surface area contributed by atoms with Gasteiger partial charge in [0.25, 0.3) is 0 Å². The van der Waals surface area contributed by atoms with Crippen LogP contribution in [0.15, 0.2) is 60.7 Å². The first-order valence-corrected chi connectivity index (χ1v) is 8.01. The third-order valence-electron chi connectivity index (χ3n) is 4.06. The van der Waals surface area contributed by atoms with Gasteiger partial charge in [-0.3, -0.25) is 4.90 Å². The van der Waals surface area contributed by atoms with Crippen molar-refractivity contribution in [1.29, 1.82) is 0 Å². The summed E-state index contributed by atoms with van der Waals surface area (Å²) < 4.78 is 1.91. The zero-order valence-electron chi connectivity index (χ0n) is 13.7. The lowest BCUT2D eigenvalue weighted by Crippen LogP contribution is -2.23. The van der Waals surface area contributed by atoms with E-state index in [0.29, 0.717) is 0 Å². The summed E-state index contributed by atoms with van der Waals surface area (Å²) in [5.74, 6) is 0. The van der Waals surface area contributed by atoms with Crippen molar-refractivity contribution in [3.63, 3.8) is 0 Å². The van der Waals surface area contributed by atoms with Gasteiger partial charge in [-0.05, 0) is 31.2 Å². The van der Waals surface area contributed by atoms with E-state index in [1.807, 2.05) is 35.0 Å². The molecule has 1 heterocycles.